The van der Waals surface area contributed by atoms with Crippen molar-refractivity contribution in [3.8, 4) is 5.75 Å². The van der Waals surface area contributed by atoms with Crippen molar-refractivity contribution in [1.82, 2.24) is 0 Å². The molecule has 4 heteroatoms. The highest BCUT2D eigenvalue weighted by Crippen LogP contribution is 2.25. The first kappa shape index (κ1) is 15.3. The third kappa shape index (κ3) is 3.95. The molecule has 0 heterocycles. The van der Waals surface area contributed by atoms with Gasteiger partial charge in [-0.3, -0.25) is 0 Å². The summed E-state index contributed by atoms with van der Waals surface area (Å²) in [7, 11) is 1.90. The number of hydrogen-bond donors (Lipinski definition) is 1. The van der Waals surface area contributed by atoms with Crippen molar-refractivity contribution in [2.45, 2.75) is 13.0 Å². The molecule has 1 unspecified atom stereocenters. The van der Waals surface area contributed by atoms with E-state index in [4.69, 9.17) is 10.5 Å². The van der Waals surface area contributed by atoms with Gasteiger partial charge in [0.25, 0.3) is 0 Å². The molecule has 0 aliphatic heterocycles. The van der Waals surface area contributed by atoms with Crippen LogP contribution in [0.3, 0.4) is 0 Å². The van der Waals surface area contributed by atoms with Crippen molar-refractivity contribution >= 4 is 5.69 Å². The molecular weight excluding hydrogens is 267 g/mol. The fourth-order valence-corrected chi connectivity index (χ4v) is 2.29. The van der Waals surface area contributed by atoms with Crippen molar-refractivity contribution in [2.75, 3.05) is 25.1 Å². The van der Waals surface area contributed by atoms with Crippen LogP contribution < -0.4 is 15.4 Å². The predicted octanol–water partition coefficient (Wildman–Crippen LogP) is 3.36. The Balaban J connectivity index is 2.12. The third-order valence-electron chi connectivity index (χ3n) is 3.34. The minimum Gasteiger partial charge on any atom is -0.494 e. The van der Waals surface area contributed by atoms with E-state index in [1.807, 2.05) is 49.2 Å². The van der Waals surface area contributed by atoms with E-state index >= 15 is 0 Å². The van der Waals surface area contributed by atoms with Crippen LogP contribution in [0.25, 0.3) is 0 Å². The van der Waals surface area contributed by atoms with E-state index in [-0.39, 0.29) is 11.9 Å². The maximum absolute atomic E-state index is 13.3. The van der Waals surface area contributed by atoms with Crippen LogP contribution in [-0.2, 0) is 0 Å². The summed E-state index contributed by atoms with van der Waals surface area (Å²) in [6, 6.07) is 14.0. The lowest BCUT2D eigenvalue weighted by Crippen LogP contribution is -2.29. The molecule has 0 radical (unpaired) electrons. The van der Waals surface area contributed by atoms with Crippen LogP contribution in [0, 0.1) is 5.82 Å². The minimum atomic E-state index is -0.248. The van der Waals surface area contributed by atoms with E-state index in [2.05, 4.69) is 0 Å². The molecular formula is C17H21FN2O. The van der Waals surface area contributed by atoms with Crippen molar-refractivity contribution < 1.29 is 9.13 Å². The van der Waals surface area contributed by atoms with Gasteiger partial charge < -0.3 is 15.4 Å². The van der Waals surface area contributed by atoms with Crippen LogP contribution in [0.4, 0.5) is 10.1 Å². The smallest absolute Gasteiger partial charge is 0.125 e. The highest BCUT2D eigenvalue weighted by Gasteiger charge is 2.14. The summed E-state index contributed by atoms with van der Waals surface area (Å²) in [6.45, 7) is 3.12. The molecule has 1 atom stereocenters. The number of nitrogens with zero attached hydrogens (tertiary/aromatic N) is 1. The highest BCUT2D eigenvalue weighted by molar-refractivity contribution is 5.46. The first-order valence-corrected chi connectivity index (χ1v) is 7.05. The topological polar surface area (TPSA) is 38.5 Å². The molecule has 0 saturated heterocycles. The summed E-state index contributed by atoms with van der Waals surface area (Å²) in [5, 5.41) is 0. The number of benzene rings is 2. The fraction of sp³-hybridized carbons (Fsp3) is 0.294. The van der Waals surface area contributed by atoms with Crippen molar-refractivity contribution in [2.24, 2.45) is 5.73 Å². The molecule has 0 amide bonds. The van der Waals surface area contributed by atoms with Crippen LogP contribution in [0.15, 0.2) is 48.5 Å². The fourth-order valence-electron chi connectivity index (χ4n) is 2.29. The molecule has 2 N–H and O–H groups in total. The average molecular weight is 288 g/mol. The van der Waals surface area contributed by atoms with Crippen molar-refractivity contribution in [1.29, 1.82) is 0 Å². The monoisotopic (exact) mass is 288 g/mol. The average Bonchev–Trinajstić information content (AvgIpc) is 2.48. The number of ether oxygens (including phenoxy) is 1. The molecule has 3 nitrogen and oxygen atoms in total. The molecule has 0 fully saturated rings. The van der Waals surface area contributed by atoms with Crippen molar-refractivity contribution in [3.63, 3.8) is 0 Å². The van der Waals surface area contributed by atoms with Gasteiger partial charge in [0.1, 0.15) is 11.6 Å². The summed E-state index contributed by atoms with van der Waals surface area (Å²) in [6.07, 6.45) is 0. The Hall–Kier alpha value is -2.07. The number of nitrogens with two attached hydrogens (primary N) is 1. The zero-order valence-corrected chi connectivity index (χ0v) is 12.4. The normalized spacial score (nSPS) is 12.0. The molecule has 0 saturated carbocycles. The van der Waals surface area contributed by atoms with Gasteiger partial charge in [-0.1, -0.05) is 24.3 Å². The number of hydrogen-bond acceptors (Lipinski definition) is 3. The van der Waals surface area contributed by atoms with Crippen LogP contribution in [0.2, 0.25) is 0 Å². The number of para-hydroxylation sites is 1. The number of rotatable bonds is 6. The van der Waals surface area contributed by atoms with Crippen LogP contribution in [0.1, 0.15) is 18.5 Å². The largest absolute Gasteiger partial charge is 0.494 e. The summed E-state index contributed by atoms with van der Waals surface area (Å²) < 4.78 is 18.9. The molecule has 2 aromatic carbocycles. The van der Waals surface area contributed by atoms with Gasteiger partial charge >= 0.3 is 0 Å². The Labute approximate surface area is 125 Å². The lowest BCUT2D eigenvalue weighted by atomic mass is 10.1. The van der Waals surface area contributed by atoms with Gasteiger partial charge in [-0.2, -0.15) is 0 Å². The quantitative estimate of drug-likeness (QED) is 0.886. The van der Waals surface area contributed by atoms with E-state index < -0.39 is 0 Å². The lowest BCUT2D eigenvalue weighted by molar-refractivity contribution is 0.334. The zero-order chi connectivity index (χ0) is 15.2. The van der Waals surface area contributed by atoms with E-state index in [0.29, 0.717) is 13.2 Å². The second-order valence-corrected chi connectivity index (χ2v) is 4.94. The Bertz CT molecular complexity index is 589. The Kier molecular flexibility index (Phi) is 5.17. The van der Waals surface area contributed by atoms with E-state index in [0.717, 1.165) is 17.0 Å². The summed E-state index contributed by atoms with van der Waals surface area (Å²) in [5.41, 5.74) is 8.05. The molecule has 112 valence electrons. The van der Waals surface area contributed by atoms with E-state index in [9.17, 15) is 4.39 Å². The Morgan fingerprint density at radius 1 is 1.19 bits per heavy atom. The van der Waals surface area contributed by atoms with Crippen LogP contribution in [-0.4, -0.2) is 20.2 Å². The summed E-state index contributed by atoms with van der Waals surface area (Å²) >= 11 is 0. The van der Waals surface area contributed by atoms with Gasteiger partial charge in [-0.25, -0.2) is 4.39 Å². The SMILES string of the molecule is CCOc1ccccc1C(N)CN(C)c1cccc(F)c1. The maximum Gasteiger partial charge on any atom is 0.125 e. The summed E-state index contributed by atoms with van der Waals surface area (Å²) in [4.78, 5) is 1.94. The van der Waals surface area contributed by atoms with Gasteiger partial charge in [-0.05, 0) is 31.2 Å². The molecule has 0 spiro atoms. The first-order chi connectivity index (χ1) is 10.1. The minimum absolute atomic E-state index is 0.207. The molecule has 0 aliphatic rings. The van der Waals surface area contributed by atoms with Crippen molar-refractivity contribution in [3.05, 3.63) is 59.9 Å². The Morgan fingerprint density at radius 2 is 1.95 bits per heavy atom. The predicted molar refractivity (Wildman–Crippen MR) is 84.2 cm³/mol. The third-order valence-corrected chi connectivity index (χ3v) is 3.34. The number of anilines is 1. The van der Waals surface area contributed by atoms with Crippen LogP contribution >= 0.6 is 0 Å². The van der Waals surface area contributed by atoms with Gasteiger partial charge in [0, 0.05) is 24.8 Å². The second-order valence-electron chi connectivity index (χ2n) is 4.94. The van der Waals surface area contributed by atoms with E-state index in [1.54, 1.807) is 6.07 Å². The highest BCUT2D eigenvalue weighted by atomic mass is 19.1. The molecule has 0 aliphatic carbocycles. The van der Waals surface area contributed by atoms with Gasteiger partial charge in [0.2, 0.25) is 0 Å². The molecule has 2 aromatic rings. The standard InChI is InChI=1S/C17H21FN2O/c1-3-21-17-10-5-4-9-15(17)16(19)12-20(2)14-8-6-7-13(18)11-14/h4-11,16H,3,12,19H2,1-2H3. The molecule has 0 bridgehead atoms. The second kappa shape index (κ2) is 7.09. The van der Waals surface area contributed by atoms with Crippen LogP contribution in [0.5, 0.6) is 5.75 Å². The summed E-state index contributed by atoms with van der Waals surface area (Å²) in [5.74, 6) is 0.558. The van der Waals surface area contributed by atoms with E-state index in [1.165, 1.54) is 12.1 Å². The first-order valence-electron chi connectivity index (χ1n) is 7.05. The molecule has 21 heavy (non-hydrogen) atoms. The number of halogens is 1. The molecule has 0 aromatic heterocycles. The van der Waals surface area contributed by atoms with Gasteiger partial charge in [0.05, 0.1) is 12.6 Å². The van der Waals surface area contributed by atoms with Gasteiger partial charge in [0.15, 0.2) is 0 Å². The number of likely N-dealkylation sites (N-methyl/N-ethyl adjacent to an activating group) is 1. The van der Waals surface area contributed by atoms with Gasteiger partial charge in [-0.15, -0.1) is 0 Å². The lowest BCUT2D eigenvalue weighted by Gasteiger charge is -2.24. The Morgan fingerprint density at radius 3 is 2.67 bits per heavy atom. The maximum atomic E-state index is 13.3. The zero-order valence-electron chi connectivity index (χ0n) is 12.4. The molecule has 2 rings (SSSR count).